The summed E-state index contributed by atoms with van der Waals surface area (Å²) in [5, 5.41) is 2.52. The first-order valence-electron chi connectivity index (χ1n) is 11.5. The number of ether oxygens (including phenoxy) is 1. The molecule has 3 rings (SSSR count). The first-order valence-corrected chi connectivity index (χ1v) is 13.9. The maximum atomic E-state index is 13.6. The Kier molecular flexibility index (Phi) is 8.48. The van der Waals surface area contributed by atoms with Crippen molar-refractivity contribution in [1.82, 2.24) is 9.88 Å². The minimum Gasteiger partial charge on any atom is -0.444 e. The van der Waals surface area contributed by atoms with Crippen LogP contribution in [-0.2, 0) is 33.9 Å². The molecular formula is C27H28ClFN2O6S. The van der Waals surface area contributed by atoms with Crippen LogP contribution in [0.5, 0.6) is 0 Å². The normalized spacial score (nSPS) is 11.8. The Bertz CT molecular complexity index is 1580. The average Bonchev–Trinajstić information content (AvgIpc) is 2.77. The fourth-order valence-corrected chi connectivity index (χ4v) is 4.80. The van der Waals surface area contributed by atoms with Crippen molar-refractivity contribution in [3.8, 4) is 11.1 Å². The highest BCUT2D eigenvalue weighted by atomic mass is 35.5. The van der Waals surface area contributed by atoms with Gasteiger partial charge in [0.25, 0.3) is 5.56 Å². The Labute approximate surface area is 225 Å². The molecule has 0 aliphatic carbocycles. The lowest BCUT2D eigenvalue weighted by Crippen LogP contribution is -2.32. The van der Waals surface area contributed by atoms with Crippen molar-refractivity contribution in [2.45, 2.75) is 38.7 Å². The van der Waals surface area contributed by atoms with Crippen molar-refractivity contribution in [2.24, 2.45) is 7.05 Å². The SMILES string of the molecule is Cn1cc(-c2cc(CS(C)(=O)=O)ccc2C(=O)c2ccc(F)cc2Cl)c(CNC(=O)OC(C)(C)C)cc1=O. The van der Waals surface area contributed by atoms with Gasteiger partial charge in [-0.05, 0) is 61.7 Å². The number of nitrogens with zero attached hydrogens (tertiary/aromatic N) is 1. The van der Waals surface area contributed by atoms with Crippen molar-refractivity contribution >= 4 is 33.3 Å². The maximum absolute atomic E-state index is 13.6. The summed E-state index contributed by atoms with van der Waals surface area (Å²) in [6.45, 7) is 5.02. The molecule has 8 nitrogen and oxygen atoms in total. The first-order chi connectivity index (χ1) is 17.5. The van der Waals surface area contributed by atoms with Crippen molar-refractivity contribution in [2.75, 3.05) is 6.26 Å². The first kappa shape index (κ1) is 29.1. The number of aromatic nitrogens is 1. The Hall–Kier alpha value is -3.50. The zero-order chi connectivity index (χ0) is 28.4. The number of halogens is 2. The van der Waals surface area contributed by atoms with Crippen LogP contribution in [-0.4, -0.2) is 36.7 Å². The Balaban J connectivity index is 2.19. The largest absolute Gasteiger partial charge is 0.444 e. The second-order valence-corrected chi connectivity index (χ2v) is 12.5. The summed E-state index contributed by atoms with van der Waals surface area (Å²) in [6, 6.07) is 9.23. The molecule has 0 aliphatic rings. The van der Waals surface area contributed by atoms with Gasteiger partial charge in [0.1, 0.15) is 11.4 Å². The van der Waals surface area contributed by atoms with E-state index < -0.39 is 33.1 Å². The second kappa shape index (κ2) is 11.1. The van der Waals surface area contributed by atoms with E-state index in [1.54, 1.807) is 26.8 Å². The number of hydrogen-bond acceptors (Lipinski definition) is 6. The van der Waals surface area contributed by atoms with Gasteiger partial charge < -0.3 is 14.6 Å². The molecule has 0 saturated heterocycles. The monoisotopic (exact) mass is 562 g/mol. The van der Waals surface area contributed by atoms with Crippen LogP contribution >= 0.6 is 11.6 Å². The second-order valence-electron chi connectivity index (χ2n) is 9.92. The van der Waals surface area contributed by atoms with E-state index in [-0.39, 0.29) is 34.0 Å². The van der Waals surface area contributed by atoms with Gasteiger partial charge in [0.15, 0.2) is 15.6 Å². The number of pyridine rings is 1. The number of nitrogens with one attached hydrogen (secondary N) is 1. The van der Waals surface area contributed by atoms with Gasteiger partial charge in [-0.15, -0.1) is 0 Å². The molecule has 1 amide bonds. The van der Waals surface area contributed by atoms with Crippen LogP contribution in [0, 0.1) is 5.82 Å². The molecule has 0 bridgehead atoms. The minimum absolute atomic E-state index is 0.0448. The van der Waals surface area contributed by atoms with Crippen LogP contribution in [0.2, 0.25) is 5.02 Å². The zero-order valence-electron chi connectivity index (χ0n) is 21.6. The fraction of sp³-hybridized carbons (Fsp3) is 0.296. The topological polar surface area (TPSA) is 112 Å². The molecule has 2 aromatic carbocycles. The molecule has 0 atom stereocenters. The molecule has 0 radical (unpaired) electrons. The molecule has 11 heteroatoms. The highest BCUT2D eigenvalue weighted by molar-refractivity contribution is 7.89. The van der Waals surface area contributed by atoms with E-state index in [0.717, 1.165) is 18.4 Å². The van der Waals surface area contributed by atoms with E-state index in [9.17, 15) is 27.2 Å². The van der Waals surface area contributed by atoms with Crippen LogP contribution in [0.4, 0.5) is 9.18 Å². The zero-order valence-corrected chi connectivity index (χ0v) is 23.2. The van der Waals surface area contributed by atoms with Gasteiger partial charge in [-0.2, -0.15) is 0 Å². The number of hydrogen-bond donors (Lipinski definition) is 1. The molecule has 0 saturated carbocycles. The van der Waals surface area contributed by atoms with Crippen LogP contribution in [0.1, 0.15) is 47.8 Å². The summed E-state index contributed by atoms with van der Waals surface area (Å²) in [6.07, 6.45) is 1.88. The molecular weight excluding hydrogens is 535 g/mol. The molecule has 0 unspecified atom stereocenters. The summed E-state index contributed by atoms with van der Waals surface area (Å²) in [4.78, 5) is 38.3. The van der Waals surface area contributed by atoms with E-state index in [1.165, 1.54) is 42.1 Å². The van der Waals surface area contributed by atoms with E-state index in [4.69, 9.17) is 16.3 Å². The third-order valence-corrected chi connectivity index (χ3v) is 6.53. The molecule has 1 N–H and O–H groups in total. The third kappa shape index (κ3) is 7.52. The number of alkyl carbamates (subject to hydrolysis) is 1. The van der Waals surface area contributed by atoms with E-state index >= 15 is 0 Å². The lowest BCUT2D eigenvalue weighted by atomic mass is 9.91. The summed E-state index contributed by atoms with van der Waals surface area (Å²) in [5.41, 5.74) is 0.577. The number of carbonyl (C=O) groups excluding carboxylic acids is 2. The third-order valence-electron chi connectivity index (χ3n) is 5.36. The van der Waals surface area contributed by atoms with Gasteiger partial charge in [-0.1, -0.05) is 23.7 Å². The lowest BCUT2D eigenvalue weighted by Gasteiger charge is -2.20. The van der Waals surface area contributed by atoms with E-state index in [0.29, 0.717) is 22.3 Å². The van der Waals surface area contributed by atoms with Gasteiger partial charge in [0.05, 0.1) is 10.8 Å². The summed E-state index contributed by atoms with van der Waals surface area (Å²) in [7, 11) is -1.89. The molecule has 0 aliphatic heterocycles. The highest BCUT2D eigenvalue weighted by Gasteiger charge is 2.22. The van der Waals surface area contributed by atoms with Gasteiger partial charge in [0.2, 0.25) is 0 Å². The standard InChI is InChI=1S/C27H28ClFN2O6S/c1-27(2,3)37-26(34)30-13-17-11-24(32)31(4)14-22(17)21-10-16(15-38(5,35)36)6-8-19(21)25(33)20-9-7-18(29)12-23(20)28/h6-12,14H,13,15H2,1-5H3,(H,30,34). The molecule has 1 aromatic heterocycles. The van der Waals surface area contributed by atoms with Crippen molar-refractivity contribution in [1.29, 1.82) is 0 Å². The number of ketones is 1. The van der Waals surface area contributed by atoms with E-state index in [1.807, 2.05) is 0 Å². The fourth-order valence-electron chi connectivity index (χ4n) is 3.76. The smallest absolute Gasteiger partial charge is 0.407 e. The molecule has 202 valence electrons. The highest BCUT2D eigenvalue weighted by Crippen LogP contribution is 2.31. The molecule has 3 aromatic rings. The van der Waals surface area contributed by atoms with Gasteiger partial charge in [-0.25, -0.2) is 17.6 Å². The molecule has 0 fully saturated rings. The van der Waals surface area contributed by atoms with Crippen LogP contribution in [0.15, 0.2) is 53.5 Å². The Morgan fingerprint density at radius 3 is 2.32 bits per heavy atom. The van der Waals surface area contributed by atoms with Crippen LogP contribution in [0.25, 0.3) is 11.1 Å². The number of benzene rings is 2. The van der Waals surface area contributed by atoms with E-state index in [2.05, 4.69) is 5.32 Å². The predicted octanol–water partition coefficient (Wildman–Crippen LogP) is 4.65. The van der Waals surface area contributed by atoms with Crippen LogP contribution < -0.4 is 10.9 Å². The Morgan fingerprint density at radius 2 is 1.71 bits per heavy atom. The van der Waals surface area contributed by atoms with Crippen molar-refractivity contribution < 1.29 is 27.1 Å². The number of rotatable bonds is 7. The summed E-state index contributed by atoms with van der Waals surface area (Å²) in [5.74, 6) is -1.43. The molecule has 0 spiro atoms. The summed E-state index contributed by atoms with van der Waals surface area (Å²) < 4.78 is 44.2. The Morgan fingerprint density at radius 1 is 1.05 bits per heavy atom. The lowest BCUT2D eigenvalue weighted by molar-refractivity contribution is 0.0523. The van der Waals surface area contributed by atoms with Crippen LogP contribution in [0.3, 0.4) is 0 Å². The molecule has 1 heterocycles. The van der Waals surface area contributed by atoms with Gasteiger partial charge in [0, 0.05) is 48.8 Å². The quantitative estimate of drug-likeness (QED) is 0.420. The van der Waals surface area contributed by atoms with Gasteiger partial charge in [-0.3, -0.25) is 9.59 Å². The summed E-state index contributed by atoms with van der Waals surface area (Å²) >= 11 is 6.16. The van der Waals surface area contributed by atoms with Crippen molar-refractivity contribution in [3.63, 3.8) is 0 Å². The van der Waals surface area contributed by atoms with Gasteiger partial charge >= 0.3 is 6.09 Å². The average molecular weight is 563 g/mol. The number of sulfone groups is 1. The number of aryl methyl sites for hydroxylation is 1. The van der Waals surface area contributed by atoms with Crippen molar-refractivity contribution in [3.05, 3.63) is 92.1 Å². The predicted molar refractivity (Wildman–Crippen MR) is 144 cm³/mol. The minimum atomic E-state index is -3.41. The maximum Gasteiger partial charge on any atom is 0.407 e. The molecule has 38 heavy (non-hydrogen) atoms. The number of carbonyl (C=O) groups is 2. The number of amides is 1.